The molecule has 2 amide bonds. The van der Waals surface area contributed by atoms with Crippen LogP contribution in [0.4, 0.5) is 5.69 Å². The molecule has 0 heterocycles. The fourth-order valence-electron chi connectivity index (χ4n) is 6.42. The van der Waals surface area contributed by atoms with E-state index in [1.165, 1.54) is 26.2 Å². The Kier molecular flexibility index (Phi) is 12.2. The van der Waals surface area contributed by atoms with E-state index in [2.05, 4.69) is 16.0 Å². The zero-order valence-corrected chi connectivity index (χ0v) is 27.5. The number of aryl methyl sites for hydroxylation is 1. The number of benzene rings is 1. The summed E-state index contributed by atoms with van der Waals surface area (Å²) in [7, 11) is 4.72. The van der Waals surface area contributed by atoms with E-state index >= 15 is 0 Å². The molecule has 2 aromatic carbocycles. The van der Waals surface area contributed by atoms with E-state index in [0.717, 1.165) is 48.1 Å². The first-order chi connectivity index (χ1) is 21.3. The third-order valence-electron chi connectivity index (χ3n) is 8.62. The third kappa shape index (κ3) is 8.00. The summed E-state index contributed by atoms with van der Waals surface area (Å²) < 4.78 is 17.2. The number of hydrogen-bond acceptors (Lipinski definition) is 8. The normalized spacial score (nSPS) is 17.4. The maximum Gasteiger partial charge on any atom is 0.242 e. The number of methoxy groups -OCH3 is 3. The van der Waals surface area contributed by atoms with Gasteiger partial charge in [-0.15, -0.1) is 0 Å². The average molecular weight is 626 g/mol. The molecule has 0 radical (unpaired) electrons. The first-order valence-electron chi connectivity index (χ1n) is 15.6. The average Bonchev–Trinajstić information content (AvgIpc) is 3.23. The van der Waals surface area contributed by atoms with E-state index < -0.39 is 12.1 Å². The molecule has 9 nitrogen and oxygen atoms in total. The van der Waals surface area contributed by atoms with E-state index in [0.29, 0.717) is 47.8 Å². The molecular formula is C34H47N3O6S. The van der Waals surface area contributed by atoms with Gasteiger partial charge in [0.25, 0.3) is 0 Å². The van der Waals surface area contributed by atoms with E-state index in [1.54, 1.807) is 45.2 Å². The van der Waals surface area contributed by atoms with Gasteiger partial charge in [-0.2, -0.15) is 11.8 Å². The Morgan fingerprint density at radius 2 is 1.64 bits per heavy atom. The number of rotatable bonds is 11. The Morgan fingerprint density at radius 3 is 2.27 bits per heavy atom. The number of ether oxygens (including phenoxy) is 3. The van der Waals surface area contributed by atoms with E-state index in [9.17, 15) is 14.4 Å². The van der Waals surface area contributed by atoms with Crippen LogP contribution in [0, 0.1) is 0 Å². The van der Waals surface area contributed by atoms with Crippen molar-refractivity contribution in [1.29, 1.82) is 0 Å². The fourth-order valence-corrected chi connectivity index (χ4v) is 6.89. The maximum absolute atomic E-state index is 13.8. The van der Waals surface area contributed by atoms with Crippen LogP contribution in [0.5, 0.6) is 17.2 Å². The van der Waals surface area contributed by atoms with Crippen molar-refractivity contribution in [2.45, 2.75) is 89.3 Å². The van der Waals surface area contributed by atoms with Gasteiger partial charge in [0.2, 0.25) is 23.0 Å². The van der Waals surface area contributed by atoms with Crippen LogP contribution in [0.2, 0.25) is 0 Å². The third-order valence-corrected chi connectivity index (χ3v) is 9.27. The van der Waals surface area contributed by atoms with Crippen LogP contribution in [0.1, 0.15) is 81.9 Å². The van der Waals surface area contributed by atoms with Crippen molar-refractivity contribution in [3.63, 3.8) is 0 Å². The lowest BCUT2D eigenvalue weighted by Gasteiger charge is -2.25. The first kappa shape index (κ1) is 33.5. The molecule has 0 spiro atoms. The van der Waals surface area contributed by atoms with Gasteiger partial charge in [-0.1, -0.05) is 38.2 Å². The largest absolute Gasteiger partial charge is 0.493 e. The molecule has 2 aliphatic rings. The van der Waals surface area contributed by atoms with Crippen molar-refractivity contribution < 1.29 is 23.8 Å². The SMILES string of the molecule is COc1cc2c(c(OC)c1OC)-c1ccc(N[C@@H](CCSC)C(=O)NC3CCCCCCC3)c(=O)cc1[C@@H](NC(C)=O)CC2. The number of anilines is 1. The molecule has 10 heteroatoms. The van der Waals surface area contributed by atoms with Gasteiger partial charge in [0.15, 0.2) is 11.5 Å². The molecule has 0 saturated heterocycles. The predicted molar refractivity (Wildman–Crippen MR) is 177 cm³/mol. The molecule has 0 unspecified atom stereocenters. The Balaban J connectivity index is 1.78. The van der Waals surface area contributed by atoms with Crippen molar-refractivity contribution in [3.05, 3.63) is 45.6 Å². The zero-order chi connectivity index (χ0) is 31.6. The molecule has 0 aromatic heterocycles. The number of nitrogens with one attached hydrogen (secondary N) is 3. The van der Waals surface area contributed by atoms with Gasteiger partial charge in [-0.3, -0.25) is 14.4 Å². The van der Waals surface area contributed by atoms with Gasteiger partial charge in [0.05, 0.1) is 33.1 Å². The second kappa shape index (κ2) is 16.1. The number of thioether (sulfide) groups is 1. The van der Waals surface area contributed by atoms with E-state index in [-0.39, 0.29) is 23.3 Å². The van der Waals surface area contributed by atoms with Crippen LogP contribution < -0.4 is 35.6 Å². The number of hydrogen-bond donors (Lipinski definition) is 3. The lowest BCUT2D eigenvalue weighted by Crippen LogP contribution is -2.45. The van der Waals surface area contributed by atoms with Crippen LogP contribution in [0.15, 0.2) is 29.1 Å². The molecular weight excluding hydrogens is 578 g/mol. The van der Waals surface area contributed by atoms with Gasteiger partial charge >= 0.3 is 0 Å². The molecule has 0 bridgehead atoms. The molecule has 2 aliphatic carbocycles. The summed E-state index contributed by atoms with van der Waals surface area (Å²) in [5, 5.41) is 9.63. The highest BCUT2D eigenvalue weighted by atomic mass is 32.2. The van der Waals surface area contributed by atoms with Crippen molar-refractivity contribution in [3.8, 4) is 28.4 Å². The lowest BCUT2D eigenvalue weighted by molar-refractivity contribution is -0.123. The topological polar surface area (TPSA) is 115 Å². The standard InChI is InChI=1S/C34H47N3O6S/c1-21(38)35-26-15-13-22-19-30(41-2)32(42-3)33(43-4)31(22)24-14-16-27(29(39)20-25(24)26)37-28(17-18-44-5)34(40)36-23-11-9-7-6-8-10-12-23/h14,16,19-20,23,26,28H,6-13,15,17-18H2,1-5H3,(H,35,38)(H,36,40)(H,37,39)/t26-,28-/m0/s1. The maximum atomic E-state index is 13.8. The number of carbonyl (C=O) groups excluding carboxylic acids is 2. The number of fused-ring (bicyclic) bond motifs is 3. The molecule has 44 heavy (non-hydrogen) atoms. The smallest absolute Gasteiger partial charge is 0.242 e. The van der Waals surface area contributed by atoms with Gasteiger partial charge in [-0.05, 0) is 79.0 Å². The Bertz CT molecular complexity index is 1380. The number of amides is 2. The quantitative estimate of drug-likeness (QED) is 0.295. The fraction of sp³-hybridized carbons (Fsp3) is 0.559. The van der Waals surface area contributed by atoms with Crippen LogP contribution in [0.25, 0.3) is 11.1 Å². The van der Waals surface area contributed by atoms with Gasteiger partial charge < -0.3 is 30.2 Å². The van der Waals surface area contributed by atoms with Gasteiger partial charge in [0, 0.05) is 18.5 Å². The van der Waals surface area contributed by atoms with Crippen LogP contribution >= 0.6 is 11.8 Å². The molecule has 1 fully saturated rings. The number of carbonyl (C=O) groups is 2. The predicted octanol–water partition coefficient (Wildman–Crippen LogP) is 5.63. The highest BCUT2D eigenvalue weighted by Gasteiger charge is 2.30. The summed E-state index contributed by atoms with van der Waals surface area (Å²) in [6.45, 7) is 1.48. The summed E-state index contributed by atoms with van der Waals surface area (Å²) in [6, 6.07) is 6.34. The van der Waals surface area contributed by atoms with Crippen molar-refractivity contribution in [1.82, 2.24) is 10.6 Å². The first-order valence-corrected chi connectivity index (χ1v) is 17.0. The molecule has 2 atom stereocenters. The second-order valence-corrected chi connectivity index (χ2v) is 12.6. The summed E-state index contributed by atoms with van der Waals surface area (Å²) in [4.78, 5) is 39.7. The van der Waals surface area contributed by atoms with Crippen molar-refractivity contribution in [2.24, 2.45) is 0 Å². The molecule has 4 rings (SSSR count). The highest BCUT2D eigenvalue weighted by molar-refractivity contribution is 7.98. The van der Waals surface area contributed by atoms with Crippen LogP contribution in [-0.4, -0.2) is 57.2 Å². The van der Waals surface area contributed by atoms with Gasteiger partial charge in [-0.25, -0.2) is 0 Å². The molecule has 3 N–H and O–H groups in total. The summed E-state index contributed by atoms with van der Waals surface area (Å²) >= 11 is 1.67. The minimum atomic E-state index is -0.555. The molecule has 240 valence electrons. The van der Waals surface area contributed by atoms with Crippen LogP contribution in [0.3, 0.4) is 0 Å². The Morgan fingerprint density at radius 1 is 0.932 bits per heavy atom. The monoisotopic (exact) mass is 625 g/mol. The van der Waals surface area contributed by atoms with E-state index in [1.807, 2.05) is 18.4 Å². The van der Waals surface area contributed by atoms with Crippen molar-refractivity contribution >= 4 is 29.3 Å². The summed E-state index contributed by atoms with van der Waals surface area (Å²) in [5.41, 5.74) is 3.26. The Labute approximate surface area is 265 Å². The molecule has 2 aromatic rings. The van der Waals surface area contributed by atoms with Crippen molar-refractivity contribution in [2.75, 3.05) is 38.7 Å². The van der Waals surface area contributed by atoms with Gasteiger partial charge in [0.1, 0.15) is 6.04 Å². The van der Waals surface area contributed by atoms with E-state index in [4.69, 9.17) is 14.2 Å². The highest BCUT2D eigenvalue weighted by Crippen LogP contribution is 2.50. The second-order valence-electron chi connectivity index (χ2n) is 11.6. The Hall–Kier alpha value is -3.40. The lowest BCUT2D eigenvalue weighted by atomic mass is 9.95. The van der Waals surface area contributed by atoms with Crippen LogP contribution in [-0.2, 0) is 16.0 Å². The minimum Gasteiger partial charge on any atom is -0.493 e. The summed E-state index contributed by atoms with van der Waals surface area (Å²) in [6.07, 6.45) is 11.7. The summed E-state index contributed by atoms with van der Waals surface area (Å²) in [5.74, 6) is 2.01. The molecule has 0 aliphatic heterocycles. The molecule has 1 saturated carbocycles. The zero-order valence-electron chi connectivity index (χ0n) is 26.7. The minimum absolute atomic E-state index is 0.0722.